The van der Waals surface area contributed by atoms with E-state index in [0.29, 0.717) is 10.8 Å². The van der Waals surface area contributed by atoms with Crippen molar-refractivity contribution < 1.29 is 0 Å². The van der Waals surface area contributed by atoms with E-state index in [-0.39, 0.29) is 0 Å². The van der Waals surface area contributed by atoms with E-state index in [9.17, 15) is 0 Å². The van der Waals surface area contributed by atoms with Crippen molar-refractivity contribution in [1.29, 1.82) is 0 Å². The van der Waals surface area contributed by atoms with Crippen molar-refractivity contribution in [3.8, 4) is 0 Å². The van der Waals surface area contributed by atoms with Gasteiger partial charge in [-0.05, 0) is 129 Å². The normalized spacial score (nSPS) is 52.7. The topological polar surface area (TPSA) is 0 Å². The summed E-state index contributed by atoms with van der Waals surface area (Å²) < 4.78 is 0. The molecular weight excluding hydrogens is 312 g/mol. The molecule has 0 aromatic rings. The fourth-order valence-electron chi connectivity index (χ4n) is 9.60. The van der Waals surface area contributed by atoms with Gasteiger partial charge in [-0.1, -0.05) is 32.9 Å². The van der Waals surface area contributed by atoms with Gasteiger partial charge < -0.3 is 0 Å². The Morgan fingerprint density at radius 2 is 1.50 bits per heavy atom. The van der Waals surface area contributed by atoms with Crippen molar-refractivity contribution in [1.82, 2.24) is 0 Å². The molecule has 0 radical (unpaired) electrons. The van der Waals surface area contributed by atoms with E-state index in [2.05, 4.69) is 34.3 Å². The molecule has 1 unspecified atom stereocenters. The summed E-state index contributed by atoms with van der Waals surface area (Å²) in [4.78, 5) is 0. The van der Waals surface area contributed by atoms with Crippen LogP contribution in [0, 0.1) is 51.8 Å². The van der Waals surface area contributed by atoms with Crippen LogP contribution in [0.25, 0.3) is 0 Å². The molecule has 0 aromatic carbocycles. The van der Waals surface area contributed by atoms with E-state index in [4.69, 9.17) is 0 Å². The SMILES string of the molecule is C=C(C)[C@H]1CC[C@H]2[C@@H]3CC[C@@H]4CC(C)(C)CC[C@]4(C4CC4)C3CC[C@]12C. The van der Waals surface area contributed by atoms with Gasteiger partial charge >= 0.3 is 0 Å². The van der Waals surface area contributed by atoms with Gasteiger partial charge in [-0.3, -0.25) is 0 Å². The van der Waals surface area contributed by atoms with E-state index in [1.165, 1.54) is 37.7 Å². The van der Waals surface area contributed by atoms with Crippen LogP contribution in [0.1, 0.15) is 98.3 Å². The molecule has 0 bridgehead atoms. The van der Waals surface area contributed by atoms with Crippen LogP contribution < -0.4 is 0 Å². The van der Waals surface area contributed by atoms with Gasteiger partial charge in [-0.25, -0.2) is 0 Å². The van der Waals surface area contributed by atoms with Crippen LogP contribution in [-0.4, -0.2) is 0 Å². The molecule has 26 heavy (non-hydrogen) atoms. The van der Waals surface area contributed by atoms with Crippen molar-refractivity contribution >= 4 is 0 Å². The second-order valence-electron chi connectivity index (χ2n) is 12.4. The second kappa shape index (κ2) is 5.64. The van der Waals surface area contributed by atoms with E-state index in [0.717, 1.165) is 40.9 Å². The van der Waals surface area contributed by atoms with Gasteiger partial charge in [0, 0.05) is 0 Å². The Morgan fingerprint density at radius 3 is 2.19 bits per heavy atom. The zero-order chi connectivity index (χ0) is 18.3. The van der Waals surface area contributed by atoms with Gasteiger partial charge in [0.2, 0.25) is 0 Å². The molecule has 5 saturated carbocycles. The Hall–Kier alpha value is -0.260. The van der Waals surface area contributed by atoms with E-state index in [1.54, 1.807) is 38.5 Å². The van der Waals surface area contributed by atoms with Crippen molar-refractivity contribution in [2.75, 3.05) is 0 Å². The number of allylic oxidation sites excluding steroid dienone is 1. The third-order valence-electron chi connectivity index (χ3n) is 10.7. The van der Waals surface area contributed by atoms with Crippen LogP contribution in [0.4, 0.5) is 0 Å². The maximum atomic E-state index is 4.41. The van der Waals surface area contributed by atoms with Gasteiger partial charge in [0.15, 0.2) is 0 Å². The zero-order valence-electron chi connectivity index (χ0n) is 17.9. The molecular formula is C26H42. The molecule has 0 heteroatoms. The minimum absolute atomic E-state index is 0.582. The molecule has 5 fully saturated rings. The maximum absolute atomic E-state index is 4.41. The van der Waals surface area contributed by atoms with E-state index >= 15 is 0 Å². The molecule has 0 amide bonds. The quantitative estimate of drug-likeness (QED) is 0.447. The summed E-state index contributed by atoms with van der Waals surface area (Å²) in [6.45, 7) is 14.5. The molecule has 7 atom stereocenters. The lowest BCUT2D eigenvalue weighted by Gasteiger charge is -2.64. The van der Waals surface area contributed by atoms with Gasteiger partial charge in [0.1, 0.15) is 0 Å². The van der Waals surface area contributed by atoms with Gasteiger partial charge in [-0.2, -0.15) is 0 Å². The van der Waals surface area contributed by atoms with Crippen molar-refractivity contribution in [3.05, 3.63) is 12.2 Å². The number of hydrogen-bond donors (Lipinski definition) is 0. The lowest BCUT2D eigenvalue weighted by molar-refractivity contribution is -0.145. The Morgan fingerprint density at radius 1 is 0.769 bits per heavy atom. The Bertz CT molecular complexity index is 595. The number of hydrogen-bond acceptors (Lipinski definition) is 0. The average molecular weight is 355 g/mol. The second-order valence-corrected chi connectivity index (χ2v) is 12.4. The summed E-state index contributed by atoms with van der Waals surface area (Å²) in [6.07, 6.45) is 16.8. The predicted octanol–water partition coefficient (Wildman–Crippen LogP) is 7.64. The van der Waals surface area contributed by atoms with Crippen LogP contribution in [0.3, 0.4) is 0 Å². The predicted molar refractivity (Wildman–Crippen MR) is 111 cm³/mol. The molecule has 0 N–H and O–H groups in total. The van der Waals surface area contributed by atoms with E-state index in [1.807, 2.05) is 0 Å². The molecule has 5 aliphatic carbocycles. The molecule has 0 aromatic heterocycles. The molecule has 0 saturated heterocycles. The van der Waals surface area contributed by atoms with Crippen molar-refractivity contribution in [3.63, 3.8) is 0 Å². The van der Waals surface area contributed by atoms with Gasteiger partial charge in [0.25, 0.3) is 0 Å². The highest BCUT2D eigenvalue weighted by Crippen LogP contribution is 2.73. The highest BCUT2D eigenvalue weighted by atomic mass is 14.7. The summed E-state index contributed by atoms with van der Waals surface area (Å²) in [5.74, 6) is 6.12. The largest absolute Gasteiger partial charge is 0.0998 e. The minimum Gasteiger partial charge on any atom is -0.0998 e. The van der Waals surface area contributed by atoms with E-state index < -0.39 is 0 Å². The fourth-order valence-corrected chi connectivity index (χ4v) is 9.60. The average Bonchev–Trinajstić information content (AvgIpc) is 3.35. The highest BCUT2D eigenvalue weighted by Gasteiger charge is 2.65. The molecule has 0 heterocycles. The molecule has 0 spiro atoms. The fraction of sp³-hybridized carbons (Fsp3) is 0.923. The first-order chi connectivity index (χ1) is 12.3. The first-order valence-corrected chi connectivity index (χ1v) is 11.9. The van der Waals surface area contributed by atoms with Crippen LogP contribution in [0.15, 0.2) is 12.2 Å². The smallest absolute Gasteiger partial charge is 0.0152 e. The summed E-state index contributed by atoms with van der Waals surface area (Å²) in [5.41, 5.74) is 3.44. The van der Waals surface area contributed by atoms with Gasteiger partial charge in [-0.15, -0.1) is 0 Å². The third kappa shape index (κ3) is 2.32. The Balaban J connectivity index is 1.48. The Labute approximate surface area is 162 Å². The van der Waals surface area contributed by atoms with Crippen LogP contribution in [0.2, 0.25) is 0 Å². The summed E-state index contributed by atoms with van der Waals surface area (Å²) in [5, 5.41) is 0. The van der Waals surface area contributed by atoms with Crippen LogP contribution in [0.5, 0.6) is 0 Å². The third-order valence-corrected chi connectivity index (χ3v) is 10.7. The summed E-state index contributed by atoms with van der Waals surface area (Å²) in [6, 6.07) is 0. The zero-order valence-corrected chi connectivity index (χ0v) is 17.9. The van der Waals surface area contributed by atoms with Crippen LogP contribution >= 0.6 is 0 Å². The molecule has 0 aliphatic heterocycles. The van der Waals surface area contributed by atoms with Crippen molar-refractivity contribution in [2.45, 2.75) is 98.3 Å². The molecule has 5 rings (SSSR count). The number of fused-ring (bicyclic) bond motifs is 5. The maximum Gasteiger partial charge on any atom is -0.0152 e. The summed E-state index contributed by atoms with van der Waals surface area (Å²) >= 11 is 0. The highest BCUT2D eigenvalue weighted by molar-refractivity contribution is 5.17. The van der Waals surface area contributed by atoms with Gasteiger partial charge in [0.05, 0.1) is 0 Å². The number of rotatable bonds is 2. The lowest BCUT2D eigenvalue weighted by atomic mass is 9.41. The molecule has 146 valence electrons. The monoisotopic (exact) mass is 354 g/mol. The first-order valence-electron chi connectivity index (χ1n) is 11.9. The summed E-state index contributed by atoms with van der Waals surface area (Å²) in [7, 11) is 0. The standard InChI is InChI=1S/C26H42/c1-17(2)21-10-11-22-20-9-8-19-16-24(3,4)14-15-26(19,18-6-7-18)23(20)12-13-25(21,22)5/h18-23H,1,6-16H2,2-5H3/t19-,20+,21-,22+,23?,25-,26-/m1/s1. The molecule has 0 nitrogen and oxygen atoms in total. The lowest BCUT2D eigenvalue weighted by Crippen LogP contribution is -2.56. The first kappa shape index (κ1) is 17.8. The minimum atomic E-state index is 0.582. The molecule has 5 aliphatic rings. The Kier molecular flexibility index (Phi) is 3.86. The van der Waals surface area contributed by atoms with Crippen LogP contribution in [-0.2, 0) is 0 Å². The van der Waals surface area contributed by atoms with Crippen molar-refractivity contribution in [2.24, 2.45) is 51.8 Å².